The number of carbonyl (C=O) groups excluding carboxylic acids is 1. The molecule has 7 nitrogen and oxygen atoms in total. The topological polar surface area (TPSA) is 94.1 Å². The lowest BCUT2D eigenvalue weighted by Crippen LogP contribution is -2.26. The number of halogens is 1. The SMILES string of the molecule is Cc1noc(C(C)NC(=O)c2cc(-c3ccc(F)cc3)c3oc(C(C)C)nc3c2)n1. The van der Waals surface area contributed by atoms with E-state index in [1.165, 1.54) is 12.1 Å². The molecule has 1 atom stereocenters. The first-order valence-electron chi connectivity index (χ1n) is 9.63. The Bertz CT molecular complexity index is 1210. The molecule has 8 heteroatoms. The zero-order valence-corrected chi connectivity index (χ0v) is 17.1. The van der Waals surface area contributed by atoms with Crippen molar-refractivity contribution in [3.8, 4) is 11.1 Å². The van der Waals surface area contributed by atoms with Gasteiger partial charge >= 0.3 is 0 Å². The van der Waals surface area contributed by atoms with Crippen molar-refractivity contribution >= 4 is 17.0 Å². The Morgan fingerprint density at radius 1 is 1.07 bits per heavy atom. The lowest BCUT2D eigenvalue weighted by molar-refractivity contribution is 0.0932. The van der Waals surface area contributed by atoms with E-state index < -0.39 is 6.04 Å². The van der Waals surface area contributed by atoms with Gasteiger partial charge in [-0.15, -0.1) is 0 Å². The minimum absolute atomic E-state index is 0.0801. The maximum absolute atomic E-state index is 13.4. The fraction of sp³-hybridized carbons (Fsp3) is 0.273. The van der Waals surface area contributed by atoms with Crippen LogP contribution in [0, 0.1) is 12.7 Å². The highest BCUT2D eigenvalue weighted by molar-refractivity contribution is 6.02. The van der Waals surface area contributed by atoms with Gasteiger partial charge in [-0.05, 0) is 43.7 Å². The van der Waals surface area contributed by atoms with Crippen molar-refractivity contribution in [1.29, 1.82) is 0 Å². The van der Waals surface area contributed by atoms with Crippen LogP contribution in [0.25, 0.3) is 22.2 Å². The van der Waals surface area contributed by atoms with Gasteiger partial charge in [0.25, 0.3) is 5.91 Å². The van der Waals surface area contributed by atoms with Crippen LogP contribution in [0.5, 0.6) is 0 Å². The largest absolute Gasteiger partial charge is 0.440 e. The Hall–Kier alpha value is -3.55. The molecule has 0 aliphatic carbocycles. The number of fused-ring (bicyclic) bond motifs is 1. The lowest BCUT2D eigenvalue weighted by atomic mass is 10.0. The van der Waals surface area contributed by atoms with Gasteiger partial charge in [0.1, 0.15) is 17.4 Å². The molecule has 0 aliphatic rings. The van der Waals surface area contributed by atoms with Gasteiger partial charge in [0.05, 0.1) is 0 Å². The fourth-order valence-electron chi connectivity index (χ4n) is 3.10. The van der Waals surface area contributed by atoms with E-state index >= 15 is 0 Å². The Morgan fingerprint density at radius 2 is 1.80 bits per heavy atom. The van der Waals surface area contributed by atoms with Gasteiger partial charge in [-0.2, -0.15) is 4.98 Å². The fourth-order valence-corrected chi connectivity index (χ4v) is 3.10. The summed E-state index contributed by atoms with van der Waals surface area (Å²) in [6.07, 6.45) is 0. The summed E-state index contributed by atoms with van der Waals surface area (Å²) in [5.74, 6) is 0.807. The molecule has 1 N–H and O–H groups in total. The number of rotatable bonds is 5. The summed E-state index contributed by atoms with van der Waals surface area (Å²) in [5.41, 5.74) is 2.91. The van der Waals surface area contributed by atoms with Crippen LogP contribution >= 0.6 is 0 Å². The summed E-state index contributed by atoms with van der Waals surface area (Å²) >= 11 is 0. The molecule has 0 spiro atoms. The van der Waals surface area contributed by atoms with Crippen LogP contribution in [0.3, 0.4) is 0 Å². The Balaban J connectivity index is 1.76. The molecular weight excluding hydrogens is 387 g/mol. The Morgan fingerprint density at radius 3 is 2.43 bits per heavy atom. The zero-order chi connectivity index (χ0) is 21.4. The first kappa shape index (κ1) is 19.8. The van der Waals surface area contributed by atoms with Crippen molar-refractivity contribution in [3.63, 3.8) is 0 Å². The molecule has 0 saturated carbocycles. The number of oxazole rings is 1. The second-order valence-corrected chi connectivity index (χ2v) is 7.46. The predicted octanol–water partition coefficient (Wildman–Crippen LogP) is 4.94. The van der Waals surface area contributed by atoms with Gasteiger partial charge < -0.3 is 14.3 Å². The maximum atomic E-state index is 13.4. The van der Waals surface area contributed by atoms with E-state index in [-0.39, 0.29) is 17.6 Å². The van der Waals surface area contributed by atoms with Crippen LogP contribution in [0.2, 0.25) is 0 Å². The predicted molar refractivity (Wildman–Crippen MR) is 108 cm³/mol. The number of benzene rings is 2. The summed E-state index contributed by atoms with van der Waals surface area (Å²) in [5, 5.41) is 6.60. The number of nitrogens with one attached hydrogen (secondary N) is 1. The number of nitrogens with zero attached hydrogens (tertiary/aromatic N) is 3. The zero-order valence-electron chi connectivity index (χ0n) is 17.1. The van der Waals surface area contributed by atoms with E-state index in [1.54, 1.807) is 38.1 Å². The van der Waals surface area contributed by atoms with Gasteiger partial charge in [0.15, 0.2) is 17.3 Å². The first-order valence-corrected chi connectivity index (χ1v) is 9.63. The summed E-state index contributed by atoms with van der Waals surface area (Å²) in [7, 11) is 0. The number of amides is 1. The van der Waals surface area contributed by atoms with E-state index in [4.69, 9.17) is 8.94 Å². The molecule has 0 aliphatic heterocycles. The second kappa shape index (κ2) is 7.70. The molecule has 2 heterocycles. The van der Waals surface area contributed by atoms with Gasteiger partial charge in [-0.1, -0.05) is 31.1 Å². The van der Waals surface area contributed by atoms with E-state index in [0.29, 0.717) is 39.8 Å². The average molecular weight is 408 g/mol. The Kier molecular flexibility index (Phi) is 5.07. The van der Waals surface area contributed by atoms with Crippen LogP contribution in [-0.2, 0) is 0 Å². The third-order valence-electron chi connectivity index (χ3n) is 4.68. The van der Waals surface area contributed by atoms with E-state index in [0.717, 1.165) is 5.56 Å². The number of aromatic nitrogens is 3. The minimum Gasteiger partial charge on any atom is -0.440 e. The first-order chi connectivity index (χ1) is 14.3. The molecule has 30 heavy (non-hydrogen) atoms. The Labute approximate surface area is 172 Å². The summed E-state index contributed by atoms with van der Waals surface area (Å²) < 4.78 is 24.5. The van der Waals surface area contributed by atoms with Crippen molar-refractivity contribution in [2.45, 2.75) is 39.7 Å². The number of hydrogen-bond donors (Lipinski definition) is 1. The van der Waals surface area contributed by atoms with Crippen molar-refractivity contribution < 1.29 is 18.1 Å². The normalized spacial score (nSPS) is 12.5. The summed E-state index contributed by atoms with van der Waals surface area (Å²) in [6.45, 7) is 7.42. The van der Waals surface area contributed by atoms with Crippen molar-refractivity contribution in [3.05, 3.63) is 65.4 Å². The molecule has 0 radical (unpaired) electrons. The van der Waals surface area contributed by atoms with Crippen LogP contribution in [0.15, 0.2) is 45.3 Å². The van der Waals surface area contributed by atoms with E-state index in [9.17, 15) is 9.18 Å². The average Bonchev–Trinajstić information content (AvgIpc) is 3.34. The molecule has 4 rings (SSSR count). The number of aryl methyl sites for hydroxylation is 1. The summed E-state index contributed by atoms with van der Waals surface area (Å²) in [6, 6.07) is 8.96. The van der Waals surface area contributed by atoms with Crippen LogP contribution in [0.4, 0.5) is 4.39 Å². The van der Waals surface area contributed by atoms with Crippen molar-refractivity contribution in [2.24, 2.45) is 0 Å². The van der Waals surface area contributed by atoms with Gasteiger partial charge in [-0.3, -0.25) is 4.79 Å². The molecular formula is C22H21FN4O3. The molecule has 0 fully saturated rings. The van der Waals surface area contributed by atoms with Crippen molar-refractivity contribution in [2.75, 3.05) is 0 Å². The molecule has 0 saturated heterocycles. The molecule has 1 amide bonds. The van der Waals surface area contributed by atoms with E-state index in [1.807, 2.05) is 13.8 Å². The molecule has 154 valence electrons. The second-order valence-electron chi connectivity index (χ2n) is 7.46. The quantitative estimate of drug-likeness (QED) is 0.503. The minimum atomic E-state index is -0.466. The van der Waals surface area contributed by atoms with E-state index in [2.05, 4.69) is 20.4 Å². The maximum Gasteiger partial charge on any atom is 0.252 e. The standard InChI is InChI=1S/C22H21FN4O3/c1-11(2)21-26-18-10-15(20(28)24-12(3)22-25-13(4)27-30-22)9-17(19(18)29-21)14-5-7-16(23)8-6-14/h5-12H,1-4H3,(H,24,28). The van der Waals surface area contributed by atoms with Crippen LogP contribution in [-0.4, -0.2) is 21.0 Å². The van der Waals surface area contributed by atoms with Crippen molar-refractivity contribution in [1.82, 2.24) is 20.4 Å². The highest BCUT2D eigenvalue weighted by Crippen LogP contribution is 2.33. The monoisotopic (exact) mass is 408 g/mol. The third kappa shape index (κ3) is 3.80. The molecule has 4 aromatic rings. The molecule has 1 unspecified atom stereocenters. The van der Waals surface area contributed by atoms with Crippen LogP contribution < -0.4 is 5.32 Å². The smallest absolute Gasteiger partial charge is 0.252 e. The highest BCUT2D eigenvalue weighted by Gasteiger charge is 2.21. The third-order valence-corrected chi connectivity index (χ3v) is 4.68. The lowest BCUT2D eigenvalue weighted by Gasteiger charge is -2.11. The summed E-state index contributed by atoms with van der Waals surface area (Å²) in [4.78, 5) is 21.6. The van der Waals surface area contributed by atoms with Crippen LogP contribution in [0.1, 0.15) is 60.7 Å². The van der Waals surface area contributed by atoms with Gasteiger partial charge in [-0.25, -0.2) is 9.37 Å². The number of hydrogen-bond acceptors (Lipinski definition) is 6. The molecule has 0 bridgehead atoms. The van der Waals surface area contributed by atoms with Gasteiger partial charge in [0, 0.05) is 17.0 Å². The number of carbonyl (C=O) groups is 1. The van der Waals surface area contributed by atoms with Gasteiger partial charge in [0.2, 0.25) is 5.89 Å². The highest BCUT2D eigenvalue weighted by atomic mass is 19.1. The molecule has 2 aromatic heterocycles. The molecule has 2 aromatic carbocycles.